The van der Waals surface area contributed by atoms with Crippen LogP contribution in [0.2, 0.25) is 0 Å². The van der Waals surface area contributed by atoms with Crippen molar-refractivity contribution in [3.05, 3.63) is 53.6 Å². The van der Waals surface area contributed by atoms with Crippen molar-refractivity contribution in [1.82, 2.24) is 19.8 Å². The van der Waals surface area contributed by atoms with Gasteiger partial charge in [0, 0.05) is 33.0 Å². The van der Waals surface area contributed by atoms with Gasteiger partial charge < -0.3 is 10.2 Å². The molecule has 1 heterocycles. The molecule has 0 aliphatic carbocycles. The van der Waals surface area contributed by atoms with Crippen molar-refractivity contribution in [1.29, 1.82) is 0 Å². The first-order valence-corrected chi connectivity index (χ1v) is 7.29. The van der Waals surface area contributed by atoms with Crippen LogP contribution in [0, 0.1) is 6.92 Å². The second kappa shape index (κ2) is 9.55. The van der Waals surface area contributed by atoms with Crippen molar-refractivity contribution in [2.24, 2.45) is 4.99 Å². The lowest BCUT2D eigenvalue weighted by Crippen LogP contribution is -2.38. The molecular formula is C16H22F2IN5. The van der Waals surface area contributed by atoms with Crippen LogP contribution in [0.4, 0.5) is 8.78 Å². The third-order valence-corrected chi connectivity index (χ3v) is 3.61. The van der Waals surface area contributed by atoms with Gasteiger partial charge >= 0.3 is 6.55 Å². The van der Waals surface area contributed by atoms with Gasteiger partial charge in [-0.1, -0.05) is 24.3 Å². The van der Waals surface area contributed by atoms with E-state index in [2.05, 4.69) is 34.3 Å². The van der Waals surface area contributed by atoms with E-state index in [1.165, 1.54) is 23.5 Å². The summed E-state index contributed by atoms with van der Waals surface area (Å²) in [5.74, 6) is 0.891. The number of hydrogen-bond acceptors (Lipinski definition) is 2. The van der Waals surface area contributed by atoms with E-state index in [-0.39, 0.29) is 36.3 Å². The van der Waals surface area contributed by atoms with Crippen molar-refractivity contribution < 1.29 is 8.78 Å². The molecule has 0 amide bonds. The molecule has 1 aromatic heterocycles. The van der Waals surface area contributed by atoms with Crippen molar-refractivity contribution in [3.8, 4) is 0 Å². The van der Waals surface area contributed by atoms with E-state index in [4.69, 9.17) is 0 Å². The van der Waals surface area contributed by atoms with Gasteiger partial charge in [-0.25, -0.2) is 4.98 Å². The van der Waals surface area contributed by atoms with Crippen molar-refractivity contribution >= 4 is 29.9 Å². The van der Waals surface area contributed by atoms with Gasteiger partial charge in [0.05, 0.1) is 6.54 Å². The first-order chi connectivity index (χ1) is 11.0. The highest BCUT2D eigenvalue weighted by Crippen LogP contribution is 2.12. The number of rotatable bonds is 5. The van der Waals surface area contributed by atoms with Gasteiger partial charge in [0.15, 0.2) is 5.96 Å². The van der Waals surface area contributed by atoms with E-state index in [0.29, 0.717) is 12.5 Å². The molecule has 8 heteroatoms. The van der Waals surface area contributed by atoms with E-state index in [9.17, 15) is 8.78 Å². The Balaban J connectivity index is 0.00000288. The molecule has 0 saturated carbocycles. The Bertz CT molecular complexity index is 672. The third-order valence-electron chi connectivity index (χ3n) is 3.61. The Morgan fingerprint density at radius 2 is 2.08 bits per heavy atom. The van der Waals surface area contributed by atoms with Crippen molar-refractivity contribution in [3.63, 3.8) is 0 Å². The molecule has 0 spiro atoms. The lowest BCUT2D eigenvalue weighted by atomic mass is 10.1. The second-order valence-electron chi connectivity index (χ2n) is 5.21. The Labute approximate surface area is 157 Å². The summed E-state index contributed by atoms with van der Waals surface area (Å²) in [4.78, 5) is 10.1. The smallest absolute Gasteiger partial charge is 0.319 e. The highest BCUT2D eigenvalue weighted by atomic mass is 127. The maximum atomic E-state index is 12.8. The number of aryl methyl sites for hydroxylation is 1. The average molecular weight is 449 g/mol. The van der Waals surface area contributed by atoms with E-state index < -0.39 is 6.55 Å². The quantitative estimate of drug-likeness (QED) is 0.433. The van der Waals surface area contributed by atoms with Crippen LogP contribution in [0.25, 0.3) is 0 Å². The normalized spacial score (nSPS) is 11.3. The molecule has 2 aromatic rings. The number of guanidine groups is 1. The van der Waals surface area contributed by atoms with Crippen molar-refractivity contribution in [2.75, 3.05) is 14.1 Å². The average Bonchev–Trinajstić information content (AvgIpc) is 2.99. The molecule has 0 radical (unpaired) electrons. The molecule has 2 rings (SSSR count). The number of hydrogen-bond donors (Lipinski definition) is 1. The summed E-state index contributed by atoms with van der Waals surface area (Å²) in [6, 6.07) is 8.10. The van der Waals surface area contributed by atoms with Crippen LogP contribution >= 0.6 is 24.0 Å². The molecule has 0 aliphatic heterocycles. The standard InChI is InChI=1S/C16H21F2N5.HI/c1-12-6-4-5-7-13(12)11-22(3)16(19-2)21-10-14-20-8-9-23(14)15(17)18;/h4-9,15H,10-11H2,1-3H3,(H,19,21);1H. The predicted molar refractivity (Wildman–Crippen MR) is 102 cm³/mol. The Kier molecular flexibility index (Phi) is 8.09. The maximum Gasteiger partial charge on any atom is 0.319 e. The summed E-state index contributed by atoms with van der Waals surface area (Å²) in [5, 5.41) is 3.07. The largest absolute Gasteiger partial charge is 0.349 e. The number of halogens is 3. The maximum absolute atomic E-state index is 12.8. The van der Waals surface area contributed by atoms with Crippen LogP contribution in [0.3, 0.4) is 0 Å². The van der Waals surface area contributed by atoms with E-state index >= 15 is 0 Å². The molecule has 0 bridgehead atoms. The van der Waals surface area contributed by atoms with Gasteiger partial charge in [0.2, 0.25) is 0 Å². The van der Waals surface area contributed by atoms with Crippen LogP contribution < -0.4 is 5.32 Å². The zero-order valence-corrected chi connectivity index (χ0v) is 16.2. The monoisotopic (exact) mass is 449 g/mol. The Hall–Kier alpha value is -1.71. The summed E-state index contributed by atoms with van der Waals surface area (Å²) in [6.45, 7) is 0.317. The molecule has 24 heavy (non-hydrogen) atoms. The van der Waals surface area contributed by atoms with Crippen LogP contribution in [0.15, 0.2) is 41.7 Å². The van der Waals surface area contributed by atoms with Gasteiger partial charge in [-0.05, 0) is 18.1 Å². The molecule has 5 nitrogen and oxygen atoms in total. The first-order valence-electron chi connectivity index (χ1n) is 7.29. The number of nitrogens with zero attached hydrogens (tertiary/aromatic N) is 4. The first kappa shape index (κ1) is 20.3. The number of aliphatic imine (C=N–C) groups is 1. The Morgan fingerprint density at radius 3 is 2.71 bits per heavy atom. The Morgan fingerprint density at radius 1 is 1.38 bits per heavy atom. The number of aromatic nitrogens is 2. The topological polar surface area (TPSA) is 45.5 Å². The highest BCUT2D eigenvalue weighted by Gasteiger charge is 2.13. The molecule has 1 N–H and O–H groups in total. The lowest BCUT2D eigenvalue weighted by Gasteiger charge is -2.23. The van der Waals surface area contributed by atoms with Gasteiger partial charge in [0.25, 0.3) is 0 Å². The number of benzene rings is 1. The van der Waals surface area contributed by atoms with E-state index in [0.717, 1.165) is 4.57 Å². The lowest BCUT2D eigenvalue weighted by molar-refractivity contribution is 0.0668. The zero-order chi connectivity index (χ0) is 16.8. The zero-order valence-electron chi connectivity index (χ0n) is 13.9. The fourth-order valence-corrected chi connectivity index (χ4v) is 2.32. The fourth-order valence-electron chi connectivity index (χ4n) is 2.32. The summed E-state index contributed by atoms with van der Waals surface area (Å²) >= 11 is 0. The molecule has 0 unspecified atom stereocenters. The van der Waals surface area contributed by atoms with Gasteiger partial charge in [-0.3, -0.25) is 9.56 Å². The predicted octanol–water partition coefficient (Wildman–Crippen LogP) is 3.41. The van der Waals surface area contributed by atoms with Crippen LogP contribution in [-0.4, -0.2) is 34.5 Å². The molecule has 132 valence electrons. The molecule has 0 atom stereocenters. The third kappa shape index (κ3) is 5.15. The van der Waals surface area contributed by atoms with Crippen molar-refractivity contribution in [2.45, 2.75) is 26.6 Å². The molecule has 0 aliphatic rings. The minimum Gasteiger partial charge on any atom is -0.349 e. The van der Waals surface area contributed by atoms with Crippen LogP contribution in [0.1, 0.15) is 23.5 Å². The van der Waals surface area contributed by atoms with E-state index in [1.54, 1.807) is 7.05 Å². The molecule has 0 fully saturated rings. The summed E-state index contributed by atoms with van der Waals surface area (Å²) in [5.41, 5.74) is 2.38. The second-order valence-corrected chi connectivity index (χ2v) is 5.21. The molecular weight excluding hydrogens is 427 g/mol. The number of alkyl halides is 2. The van der Waals surface area contributed by atoms with Crippen LogP contribution in [-0.2, 0) is 13.1 Å². The minimum atomic E-state index is -2.60. The van der Waals surface area contributed by atoms with Gasteiger partial charge in [0.1, 0.15) is 5.82 Å². The van der Waals surface area contributed by atoms with Crippen LogP contribution in [0.5, 0.6) is 0 Å². The SMILES string of the molecule is CN=C(NCc1nccn1C(F)F)N(C)Cc1ccccc1C.I. The fraction of sp³-hybridized carbons (Fsp3) is 0.375. The molecule has 1 aromatic carbocycles. The number of nitrogens with one attached hydrogen (secondary N) is 1. The summed E-state index contributed by atoms with van der Waals surface area (Å²) in [7, 11) is 3.57. The summed E-state index contributed by atoms with van der Waals surface area (Å²) < 4.78 is 26.5. The van der Waals surface area contributed by atoms with E-state index in [1.807, 2.05) is 24.1 Å². The van der Waals surface area contributed by atoms with Gasteiger partial charge in [-0.15, -0.1) is 24.0 Å². The number of imidazole rings is 1. The molecule has 0 saturated heterocycles. The van der Waals surface area contributed by atoms with Gasteiger partial charge in [-0.2, -0.15) is 8.78 Å². The minimum absolute atomic E-state index is 0. The summed E-state index contributed by atoms with van der Waals surface area (Å²) in [6.07, 6.45) is 2.63. The highest BCUT2D eigenvalue weighted by molar-refractivity contribution is 14.0.